The number of halogens is 1. The van der Waals surface area contributed by atoms with E-state index in [-0.39, 0.29) is 24.4 Å². The van der Waals surface area contributed by atoms with Gasteiger partial charge < -0.3 is 14.2 Å². The molecule has 2 rings (SSSR count). The third kappa shape index (κ3) is 2.75. The Hall–Kier alpha value is -0.190. The number of hydrogen-bond acceptors (Lipinski definition) is 3. The maximum absolute atomic E-state index is 15.5. The van der Waals surface area contributed by atoms with Crippen LogP contribution in [0.1, 0.15) is 54.4 Å². The molecule has 2 aliphatic heterocycles. The van der Waals surface area contributed by atoms with E-state index >= 15 is 4.39 Å². The van der Waals surface area contributed by atoms with Gasteiger partial charge in [-0.2, -0.15) is 0 Å². The molecule has 0 aromatic rings. The molecule has 118 valence electrons. The Morgan fingerprint density at radius 1 is 1.20 bits per heavy atom. The lowest BCUT2D eigenvalue weighted by Crippen LogP contribution is -2.51. The summed E-state index contributed by atoms with van der Waals surface area (Å²) in [5.74, 6) is 0. The summed E-state index contributed by atoms with van der Waals surface area (Å²) in [7, 11) is 0. The van der Waals surface area contributed by atoms with Gasteiger partial charge in [0.2, 0.25) is 0 Å². The van der Waals surface area contributed by atoms with Gasteiger partial charge in [0.1, 0.15) is 18.3 Å². The minimum absolute atomic E-state index is 0.110. The number of rotatable bonds is 4. The molecule has 20 heavy (non-hydrogen) atoms. The normalized spacial score (nSPS) is 38.2. The highest BCUT2D eigenvalue weighted by molar-refractivity contribution is 5.11. The van der Waals surface area contributed by atoms with E-state index in [0.29, 0.717) is 6.61 Å². The fraction of sp³-hybridized carbons (Fsp3) is 1.00. The standard InChI is InChI=1S/C16H29FO3/c1-7-8-15(5,6)16(17)10-19-12-11(9-18-13(12)16)20-14(2,3)4/h11-13H,7-10H2,1-6H3/t11-,12-,13+,16?/m1/s1. The van der Waals surface area contributed by atoms with E-state index < -0.39 is 17.2 Å². The lowest BCUT2D eigenvalue weighted by Gasteiger charge is -2.39. The molecule has 0 spiro atoms. The van der Waals surface area contributed by atoms with Crippen molar-refractivity contribution in [1.29, 1.82) is 0 Å². The fourth-order valence-corrected chi connectivity index (χ4v) is 3.44. The highest BCUT2D eigenvalue weighted by atomic mass is 19.1. The van der Waals surface area contributed by atoms with Gasteiger partial charge >= 0.3 is 0 Å². The van der Waals surface area contributed by atoms with E-state index in [1.807, 2.05) is 34.6 Å². The Labute approximate surface area is 122 Å². The smallest absolute Gasteiger partial charge is 0.167 e. The number of alkyl halides is 1. The van der Waals surface area contributed by atoms with Crippen LogP contribution in [-0.4, -0.2) is 42.8 Å². The van der Waals surface area contributed by atoms with E-state index in [1.54, 1.807) is 0 Å². The molecular formula is C16H29FO3. The predicted molar refractivity (Wildman–Crippen MR) is 76.6 cm³/mol. The summed E-state index contributed by atoms with van der Waals surface area (Å²) in [6, 6.07) is 0. The van der Waals surface area contributed by atoms with Gasteiger partial charge in [0, 0.05) is 5.41 Å². The van der Waals surface area contributed by atoms with E-state index in [4.69, 9.17) is 14.2 Å². The van der Waals surface area contributed by atoms with Crippen molar-refractivity contribution in [3.63, 3.8) is 0 Å². The molecule has 0 aliphatic carbocycles. The van der Waals surface area contributed by atoms with E-state index in [9.17, 15) is 0 Å². The molecule has 0 saturated carbocycles. The Morgan fingerprint density at radius 3 is 2.40 bits per heavy atom. The second-order valence-electron chi connectivity index (χ2n) is 7.79. The van der Waals surface area contributed by atoms with Crippen LogP contribution in [0, 0.1) is 5.41 Å². The summed E-state index contributed by atoms with van der Waals surface area (Å²) in [5, 5.41) is 0. The average molecular weight is 288 g/mol. The number of ether oxygens (including phenoxy) is 3. The molecule has 2 aliphatic rings. The number of hydrogen-bond donors (Lipinski definition) is 0. The quantitative estimate of drug-likeness (QED) is 0.792. The minimum Gasteiger partial charge on any atom is -0.369 e. The van der Waals surface area contributed by atoms with Crippen LogP contribution in [-0.2, 0) is 14.2 Å². The topological polar surface area (TPSA) is 27.7 Å². The first-order valence-electron chi connectivity index (χ1n) is 7.71. The van der Waals surface area contributed by atoms with Crippen LogP contribution in [0.25, 0.3) is 0 Å². The lowest BCUT2D eigenvalue weighted by molar-refractivity contribution is -0.113. The molecule has 4 atom stereocenters. The summed E-state index contributed by atoms with van der Waals surface area (Å²) in [6.07, 6.45) is 0.823. The van der Waals surface area contributed by atoms with Crippen LogP contribution >= 0.6 is 0 Å². The van der Waals surface area contributed by atoms with Crippen molar-refractivity contribution >= 4 is 0 Å². The summed E-state index contributed by atoms with van der Waals surface area (Å²) in [4.78, 5) is 0. The van der Waals surface area contributed by atoms with E-state index in [1.165, 1.54) is 0 Å². The largest absolute Gasteiger partial charge is 0.369 e. The van der Waals surface area contributed by atoms with Gasteiger partial charge in [-0.15, -0.1) is 0 Å². The van der Waals surface area contributed by atoms with Gasteiger partial charge in [0.05, 0.1) is 18.8 Å². The van der Waals surface area contributed by atoms with E-state index in [2.05, 4.69) is 6.92 Å². The van der Waals surface area contributed by atoms with Gasteiger partial charge in [0.25, 0.3) is 0 Å². The molecule has 0 radical (unpaired) electrons. The first kappa shape index (κ1) is 16.2. The second-order valence-corrected chi connectivity index (χ2v) is 7.79. The monoisotopic (exact) mass is 288 g/mol. The van der Waals surface area contributed by atoms with Crippen molar-refractivity contribution in [3.05, 3.63) is 0 Å². The molecule has 0 bridgehead atoms. The average Bonchev–Trinajstić information content (AvgIpc) is 2.81. The molecule has 2 saturated heterocycles. The van der Waals surface area contributed by atoms with Crippen LogP contribution < -0.4 is 0 Å². The Balaban J connectivity index is 2.13. The second kappa shape index (κ2) is 5.22. The van der Waals surface area contributed by atoms with Crippen molar-refractivity contribution in [2.75, 3.05) is 13.2 Å². The zero-order chi connectivity index (χ0) is 15.2. The van der Waals surface area contributed by atoms with Gasteiger partial charge in [0.15, 0.2) is 5.67 Å². The molecule has 4 heteroatoms. The highest BCUT2D eigenvalue weighted by Crippen LogP contribution is 2.50. The number of fused-ring (bicyclic) bond motifs is 1. The summed E-state index contributed by atoms with van der Waals surface area (Å²) >= 11 is 0. The van der Waals surface area contributed by atoms with Crippen molar-refractivity contribution in [1.82, 2.24) is 0 Å². The SMILES string of the molecule is CCCC(C)(C)C1(F)CO[C@@H]2[C@H](OC(C)(C)C)CO[C@@H]21. The van der Waals surface area contributed by atoms with Gasteiger partial charge in [-0.3, -0.25) is 0 Å². The molecule has 2 fully saturated rings. The molecule has 0 N–H and O–H groups in total. The summed E-state index contributed by atoms with van der Waals surface area (Å²) in [5.41, 5.74) is -2.14. The minimum atomic E-state index is -1.43. The zero-order valence-electron chi connectivity index (χ0n) is 13.7. The third-order valence-corrected chi connectivity index (χ3v) is 4.55. The lowest BCUT2D eigenvalue weighted by atomic mass is 9.70. The van der Waals surface area contributed by atoms with Crippen LogP contribution in [0.2, 0.25) is 0 Å². The van der Waals surface area contributed by atoms with E-state index in [0.717, 1.165) is 12.8 Å². The molecule has 0 aromatic carbocycles. The van der Waals surface area contributed by atoms with Gasteiger partial charge in [-0.25, -0.2) is 4.39 Å². The summed E-state index contributed by atoms with van der Waals surface area (Å²) < 4.78 is 33.0. The molecular weight excluding hydrogens is 259 g/mol. The van der Waals surface area contributed by atoms with Crippen LogP contribution in [0.5, 0.6) is 0 Å². The van der Waals surface area contributed by atoms with Gasteiger partial charge in [-0.05, 0) is 27.2 Å². The van der Waals surface area contributed by atoms with Crippen LogP contribution in [0.15, 0.2) is 0 Å². The molecule has 0 aromatic heterocycles. The first-order valence-corrected chi connectivity index (χ1v) is 7.71. The maximum Gasteiger partial charge on any atom is 0.167 e. The molecule has 0 amide bonds. The molecule has 1 unspecified atom stereocenters. The van der Waals surface area contributed by atoms with Gasteiger partial charge in [-0.1, -0.05) is 27.2 Å². The first-order chi connectivity index (χ1) is 9.11. The zero-order valence-corrected chi connectivity index (χ0v) is 13.7. The Kier molecular flexibility index (Phi) is 4.22. The van der Waals surface area contributed by atoms with Crippen molar-refractivity contribution in [2.45, 2.75) is 84.0 Å². The maximum atomic E-state index is 15.5. The highest BCUT2D eigenvalue weighted by Gasteiger charge is 2.63. The fourth-order valence-electron chi connectivity index (χ4n) is 3.44. The van der Waals surface area contributed by atoms with Crippen LogP contribution in [0.4, 0.5) is 4.39 Å². The summed E-state index contributed by atoms with van der Waals surface area (Å²) in [6.45, 7) is 12.6. The molecule has 2 heterocycles. The third-order valence-electron chi connectivity index (χ3n) is 4.55. The Morgan fingerprint density at radius 2 is 1.85 bits per heavy atom. The van der Waals surface area contributed by atoms with Crippen molar-refractivity contribution < 1.29 is 18.6 Å². The van der Waals surface area contributed by atoms with Crippen molar-refractivity contribution in [3.8, 4) is 0 Å². The van der Waals surface area contributed by atoms with Crippen LogP contribution in [0.3, 0.4) is 0 Å². The van der Waals surface area contributed by atoms with Crippen molar-refractivity contribution in [2.24, 2.45) is 5.41 Å². The predicted octanol–water partition coefficient (Wildman–Crippen LogP) is 3.50. The Bertz CT molecular complexity index is 350. The molecule has 3 nitrogen and oxygen atoms in total.